The normalized spacial score (nSPS) is 34.2. The van der Waals surface area contributed by atoms with Crippen LogP contribution in [-0.4, -0.2) is 29.2 Å². The van der Waals surface area contributed by atoms with Crippen LogP contribution in [0.25, 0.3) is 0 Å². The Morgan fingerprint density at radius 2 is 1.59 bits per heavy atom. The Hall–Kier alpha value is -2.43. The van der Waals surface area contributed by atoms with Gasteiger partial charge >= 0.3 is 5.97 Å². The number of nitrogens with zero attached hydrogens (tertiary/aromatic N) is 1. The summed E-state index contributed by atoms with van der Waals surface area (Å²) in [6, 6.07) is 7.47. The Bertz CT molecular complexity index is 879. The number of esters is 1. The molecule has 0 unspecified atom stereocenters. The van der Waals surface area contributed by atoms with Gasteiger partial charge in [0.15, 0.2) is 0 Å². The van der Waals surface area contributed by atoms with Gasteiger partial charge < -0.3 is 4.74 Å². The van der Waals surface area contributed by atoms with Gasteiger partial charge in [0.25, 0.3) is 0 Å². The number of allylic oxidation sites excluding steroid dienone is 2. The average Bonchev–Trinajstić information content (AvgIpc) is 3.49. The van der Waals surface area contributed by atoms with Crippen molar-refractivity contribution in [2.45, 2.75) is 39.0 Å². The Morgan fingerprint density at radius 3 is 2.10 bits per heavy atom. The highest BCUT2D eigenvalue weighted by atomic mass is 16.5. The van der Waals surface area contributed by atoms with Crippen molar-refractivity contribution in [2.24, 2.45) is 35.5 Å². The Labute approximate surface area is 171 Å². The zero-order valence-electron chi connectivity index (χ0n) is 17.1. The second-order valence-corrected chi connectivity index (χ2v) is 9.65. The third-order valence-electron chi connectivity index (χ3n) is 7.79. The van der Waals surface area contributed by atoms with E-state index in [1.807, 2.05) is 12.1 Å². The summed E-state index contributed by atoms with van der Waals surface area (Å²) in [5, 5.41) is 0. The minimum Gasteiger partial charge on any atom is -0.425 e. The van der Waals surface area contributed by atoms with Crippen molar-refractivity contribution in [3.05, 3.63) is 42.0 Å². The molecular weight excluding hydrogens is 366 g/mol. The first kappa shape index (κ1) is 18.6. The number of hydrogen-bond donors (Lipinski definition) is 0. The largest absolute Gasteiger partial charge is 0.425 e. The number of carbonyl (C=O) groups is 3. The standard InChI is InChI=1S/C24H27NO4/c1-4-24(2,3)13-5-7-14(8-6-13)29-19(26)12-25-22(27)20-15-9-10-16(18-11-17(15)18)21(20)23(25)28/h5-10,15-18,20-21H,4,11-12H2,1-3H3/t15-,16-,17-,18-,20-,21+/m0/s1. The molecule has 0 N–H and O–H groups in total. The molecule has 5 nitrogen and oxygen atoms in total. The monoisotopic (exact) mass is 393 g/mol. The number of rotatable bonds is 5. The number of imide groups is 1. The van der Waals surface area contributed by atoms with Gasteiger partial charge in [0.2, 0.25) is 11.8 Å². The number of carbonyl (C=O) groups excluding carboxylic acids is 3. The van der Waals surface area contributed by atoms with Crippen LogP contribution in [-0.2, 0) is 19.8 Å². The second kappa shape index (κ2) is 6.28. The molecule has 2 bridgehead atoms. The lowest BCUT2D eigenvalue weighted by atomic mass is 9.63. The van der Waals surface area contributed by atoms with Crippen molar-refractivity contribution < 1.29 is 19.1 Å². The first-order chi connectivity index (χ1) is 13.8. The van der Waals surface area contributed by atoms with E-state index < -0.39 is 5.97 Å². The fraction of sp³-hybridized carbons (Fsp3) is 0.542. The molecule has 0 radical (unpaired) electrons. The summed E-state index contributed by atoms with van der Waals surface area (Å²) in [6.45, 7) is 6.18. The van der Waals surface area contributed by atoms with Crippen LogP contribution < -0.4 is 4.74 Å². The van der Waals surface area contributed by atoms with Gasteiger partial charge in [-0.1, -0.05) is 45.1 Å². The molecule has 1 aromatic rings. The summed E-state index contributed by atoms with van der Waals surface area (Å²) in [5.41, 5.74) is 1.23. The minimum atomic E-state index is -0.571. The molecule has 3 fully saturated rings. The highest BCUT2D eigenvalue weighted by Crippen LogP contribution is 2.65. The third-order valence-corrected chi connectivity index (χ3v) is 7.79. The number of benzene rings is 1. The molecule has 0 spiro atoms. The Balaban J connectivity index is 1.26. The van der Waals surface area contributed by atoms with Crippen LogP contribution in [0.3, 0.4) is 0 Å². The van der Waals surface area contributed by atoms with Crippen LogP contribution in [0.2, 0.25) is 0 Å². The molecule has 2 saturated carbocycles. The predicted molar refractivity (Wildman–Crippen MR) is 107 cm³/mol. The van der Waals surface area contributed by atoms with Crippen molar-refractivity contribution in [1.29, 1.82) is 0 Å². The van der Waals surface area contributed by atoms with Gasteiger partial charge in [0.1, 0.15) is 12.3 Å². The lowest BCUT2D eigenvalue weighted by Gasteiger charge is -2.37. The van der Waals surface area contributed by atoms with Gasteiger partial charge in [-0.3, -0.25) is 14.5 Å². The van der Waals surface area contributed by atoms with Gasteiger partial charge in [-0.15, -0.1) is 0 Å². The van der Waals surface area contributed by atoms with E-state index in [1.54, 1.807) is 12.1 Å². The van der Waals surface area contributed by atoms with Crippen LogP contribution in [0.15, 0.2) is 36.4 Å². The van der Waals surface area contributed by atoms with Crippen molar-refractivity contribution in [1.82, 2.24) is 4.90 Å². The molecule has 5 heteroatoms. The maximum Gasteiger partial charge on any atom is 0.331 e. The fourth-order valence-electron chi connectivity index (χ4n) is 5.65. The molecule has 1 aliphatic heterocycles. The Kier molecular flexibility index (Phi) is 4.03. The van der Waals surface area contributed by atoms with Crippen molar-refractivity contribution >= 4 is 17.8 Å². The van der Waals surface area contributed by atoms with E-state index in [0.717, 1.165) is 17.7 Å². The quantitative estimate of drug-likeness (QED) is 0.333. The number of ether oxygens (including phenoxy) is 1. The molecule has 152 valence electrons. The first-order valence-corrected chi connectivity index (χ1v) is 10.7. The van der Waals surface area contributed by atoms with Gasteiger partial charge in [0, 0.05) is 0 Å². The summed E-state index contributed by atoms with van der Waals surface area (Å²) in [6.07, 6.45) is 6.40. The van der Waals surface area contributed by atoms with Crippen molar-refractivity contribution in [3.8, 4) is 5.75 Å². The van der Waals surface area contributed by atoms with Crippen LogP contribution in [0.5, 0.6) is 5.75 Å². The summed E-state index contributed by atoms with van der Waals surface area (Å²) >= 11 is 0. The molecule has 5 aliphatic rings. The van der Waals surface area contributed by atoms with Crippen LogP contribution in [0, 0.1) is 35.5 Å². The molecule has 2 amide bonds. The second-order valence-electron chi connectivity index (χ2n) is 9.65. The molecule has 29 heavy (non-hydrogen) atoms. The van der Waals surface area contributed by atoms with E-state index >= 15 is 0 Å². The van der Waals surface area contributed by atoms with E-state index in [4.69, 9.17) is 4.74 Å². The van der Waals surface area contributed by atoms with Crippen LogP contribution >= 0.6 is 0 Å². The van der Waals surface area contributed by atoms with Gasteiger partial charge in [0.05, 0.1) is 11.8 Å². The van der Waals surface area contributed by atoms with Gasteiger partial charge in [-0.05, 0) is 59.6 Å². The van der Waals surface area contributed by atoms with Crippen LogP contribution in [0.1, 0.15) is 39.2 Å². The maximum atomic E-state index is 12.9. The third kappa shape index (κ3) is 2.77. The molecule has 1 heterocycles. The average molecular weight is 393 g/mol. The Morgan fingerprint density at radius 1 is 1.03 bits per heavy atom. The summed E-state index contributed by atoms with van der Waals surface area (Å²) in [4.78, 5) is 39.5. The van der Waals surface area contributed by atoms with E-state index in [9.17, 15) is 14.4 Å². The van der Waals surface area contributed by atoms with Crippen molar-refractivity contribution in [3.63, 3.8) is 0 Å². The lowest BCUT2D eigenvalue weighted by Crippen LogP contribution is -2.40. The summed E-state index contributed by atoms with van der Waals surface area (Å²) in [7, 11) is 0. The predicted octanol–water partition coefficient (Wildman–Crippen LogP) is 3.33. The highest BCUT2D eigenvalue weighted by molar-refractivity contribution is 6.08. The zero-order valence-corrected chi connectivity index (χ0v) is 17.1. The summed E-state index contributed by atoms with van der Waals surface area (Å²) in [5.74, 6) is 0.381. The highest BCUT2D eigenvalue weighted by Gasteiger charge is 2.67. The molecule has 1 saturated heterocycles. The maximum absolute atomic E-state index is 12.9. The van der Waals surface area contributed by atoms with Gasteiger partial charge in [-0.25, -0.2) is 4.79 Å². The smallest absolute Gasteiger partial charge is 0.331 e. The molecular formula is C24H27NO4. The molecule has 1 aromatic carbocycles. The van der Waals surface area contributed by atoms with E-state index in [0.29, 0.717) is 17.6 Å². The number of hydrogen-bond acceptors (Lipinski definition) is 4. The lowest BCUT2D eigenvalue weighted by molar-refractivity contribution is -0.148. The SMILES string of the molecule is CCC(C)(C)c1ccc(OC(=O)CN2C(=O)[C@@H]3[C@H]4C=C[C@@H]([C@@H]5C[C@@H]45)[C@@H]3C2=O)cc1. The van der Waals surface area contributed by atoms with E-state index in [1.165, 1.54) is 5.56 Å². The topological polar surface area (TPSA) is 63.7 Å². The zero-order chi connectivity index (χ0) is 20.5. The first-order valence-electron chi connectivity index (χ1n) is 10.7. The molecule has 4 aliphatic carbocycles. The number of likely N-dealkylation sites (tertiary alicyclic amines) is 1. The molecule has 0 aromatic heterocycles. The van der Waals surface area contributed by atoms with Crippen LogP contribution in [0.4, 0.5) is 0 Å². The minimum absolute atomic E-state index is 0.0569. The van der Waals surface area contributed by atoms with E-state index in [2.05, 4.69) is 32.9 Å². The van der Waals surface area contributed by atoms with E-state index in [-0.39, 0.29) is 47.4 Å². The molecule has 6 atom stereocenters. The molecule has 6 rings (SSSR count). The number of amides is 2. The fourth-order valence-corrected chi connectivity index (χ4v) is 5.65. The van der Waals surface area contributed by atoms with Gasteiger partial charge in [-0.2, -0.15) is 0 Å². The summed E-state index contributed by atoms with van der Waals surface area (Å²) < 4.78 is 5.43. The van der Waals surface area contributed by atoms with Crippen molar-refractivity contribution in [2.75, 3.05) is 6.54 Å².